The SMILES string of the molecule is CCCc1ccc(N(Cc2ccc(C(=O)NCCC(=O)O)cc2)c2nc(-c3cc4ccccc4o3)cs2)cc1. The maximum absolute atomic E-state index is 12.4. The normalized spacial score (nSPS) is 11.0. The van der Waals surface area contributed by atoms with E-state index in [2.05, 4.69) is 41.4 Å². The number of benzene rings is 3. The summed E-state index contributed by atoms with van der Waals surface area (Å²) in [5.74, 6) is -0.504. The number of hydrogen-bond acceptors (Lipinski definition) is 6. The van der Waals surface area contributed by atoms with Crippen LogP contribution >= 0.6 is 11.3 Å². The lowest BCUT2D eigenvalue weighted by molar-refractivity contribution is -0.136. The second kappa shape index (κ2) is 12.0. The van der Waals surface area contributed by atoms with Crippen LogP contribution in [-0.4, -0.2) is 28.5 Å². The van der Waals surface area contributed by atoms with Gasteiger partial charge in [0.15, 0.2) is 10.9 Å². The van der Waals surface area contributed by atoms with Crippen molar-refractivity contribution in [1.29, 1.82) is 0 Å². The number of anilines is 2. The molecule has 0 fully saturated rings. The minimum Gasteiger partial charge on any atom is -0.481 e. The number of carboxylic acids is 1. The van der Waals surface area contributed by atoms with Crippen molar-refractivity contribution in [3.05, 3.63) is 101 Å². The van der Waals surface area contributed by atoms with Gasteiger partial charge in [0.05, 0.1) is 13.0 Å². The second-order valence-electron chi connectivity index (χ2n) is 9.26. The van der Waals surface area contributed by atoms with E-state index in [0.717, 1.165) is 51.6 Å². The number of aromatic nitrogens is 1. The number of nitrogens with zero attached hydrogens (tertiary/aromatic N) is 2. The molecule has 3 aromatic carbocycles. The largest absolute Gasteiger partial charge is 0.481 e. The Balaban J connectivity index is 1.39. The third-order valence-corrected chi connectivity index (χ3v) is 7.23. The van der Waals surface area contributed by atoms with Gasteiger partial charge in [-0.25, -0.2) is 4.98 Å². The Morgan fingerprint density at radius 2 is 1.74 bits per heavy atom. The third kappa shape index (κ3) is 6.35. The van der Waals surface area contributed by atoms with Crippen molar-refractivity contribution < 1.29 is 19.1 Å². The number of aryl methyl sites for hydroxylation is 1. The lowest BCUT2D eigenvalue weighted by Crippen LogP contribution is -2.26. The number of fused-ring (bicyclic) bond motifs is 1. The Kier molecular flexibility index (Phi) is 8.03. The zero-order valence-electron chi connectivity index (χ0n) is 21.6. The van der Waals surface area contributed by atoms with Crippen LogP contribution in [0.5, 0.6) is 0 Å². The standard InChI is InChI=1S/C31H29N3O4S/c1-2-5-21-10-14-25(15-11-21)34(19-22-8-12-23(13-9-22)30(37)32-17-16-29(35)36)31-33-26(20-39-31)28-18-24-6-3-4-7-27(24)38-28/h3-4,6-15,18,20H,2,5,16-17,19H2,1H3,(H,32,37)(H,35,36). The maximum atomic E-state index is 12.4. The Labute approximate surface area is 230 Å². The maximum Gasteiger partial charge on any atom is 0.305 e. The van der Waals surface area contributed by atoms with Crippen molar-refractivity contribution in [1.82, 2.24) is 10.3 Å². The van der Waals surface area contributed by atoms with Crippen LogP contribution in [0, 0.1) is 0 Å². The van der Waals surface area contributed by atoms with E-state index >= 15 is 0 Å². The number of nitrogens with one attached hydrogen (secondary N) is 1. The van der Waals surface area contributed by atoms with E-state index < -0.39 is 5.97 Å². The predicted octanol–water partition coefficient (Wildman–Crippen LogP) is 7.05. The summed E-state index contributed by atoms with van der Waals surface area (Å²) in [4.78, 5) is 30.2. The fourth-order valence-electron chi connectivity index (χ4n) is 4.34. The molecule has 0 bridgehead atoms. The van der Waals surface area contributed by atoms with Crippen LogP contribution in [0.3, 0.4) is 0 Å². The smallest absolute Gasteiger partial charge is 0.305 e. The van der Waals surface area contributed by atoms with Crippen molar-refractivity contribution in [3.8, 4) is 11.5 Å². The molecule has 5 rings (SSSR count). The predicted molar refractivity (Wildman–Crippen MR) is 155 cm³/mol. The molecule has 0 atom stereocenters. The molecule has 1 amide bonds. The van der Waals surface area contributed by atoms with Crippen molar-refractivity contribution >= 4 is 45.0 Å². The van der Waals surface area contributed by atoms with Gasteiger partial charge in [-0.2, -0.15) is 0 Å². The first kappa shape index (κ1) is 26.2. The van der Waals surface area contributed by atoms with Crippen LogP contribution in [0.15, 0.2) is 88.7 Å². The molecule has 0 aliphatic carbocycles. The molecule has 2 aromatic heterocycles. The molecule has 0 unspecified atom stereocenters. The van der Waals surface area contributed by atoms with E-state index in [1.54, 1.807) is 23.5 Å². The Morgan fingerprint density at radius 3 is 2.46 bits per heavy atom. The lowest BCUT2D eigenvalue weighted by Gasteiger charge is -2.22. The number of aliphatic carboxylic acids is 1. The highest BCUT2D eigenvalue weighted by molar-refractivity contribution is 7.14. The van der Waals surface area contributed by atoms with Crippen LogP contribution in [0.4, 0.5) is 10.8 Å². The molecule has 2 N–H and O–H groups in total. The minimum absolute atomic E-state index is 0.0926. The van der Waals surface area contributed by atoms with Gasteiger partial charge in [0.2, 0.25) is 0 Å². The van der Waals surface area contributed by atoms with E-state index in [0.29, 0.717) is 12.1 Å². The average Bonchev–Trinajstić information content (AvgIpc) is 3.60. The lowest BCUT2D eigenvalue weighted by atomic mass is 10.1. The molecule has 39 heavy (non-hydrogen) atoms. The molecule has 7 nitrogen and oxygen atoms in total. The Hall–Kier alpha value is -4.43. The third-order valence-electron chi connectivity index (χ3n) is 6.37. The molecule has 8 heteroatoms. The number of rotatable bonds is 11. The summed E-state index contributed by atoms with van der Waals surface area (Å²) < 4.78 is 6.05. The number of amides is 1. The summed E-state index contributed by atoms with van der Waals surface area (Å²) in [6.07, 6.45) is 2.01. The first-order chi connectivity index (χ1) is 19.0. The van der Waals surface area contributed by atoms with E-state index in [4.69, 9.17) is 14.5 Å². The monoisotopic (exact) mass is 539 g/mol. The molecule has 2 heterocycles. The molecule has 198 valence electrons. The summed E-state index contributed by atoms with van der Waals surface area (Å²) in [5.41, 5.74) is 5.43. The summed E-state index contributed by atoms with van der Waals surface area (Å²) in [7, 11) is 0. The molecule has 0 radical (unpaired) electrons. The van der Waals surface area contributed by atoms with E-state index in [1.807, 2.05) is 47.8 Å². The van der Waals surface area contributed by atoms with E-state index in [1.165, 1.54) is 5.56 Å². The van der Waals surface area contributed by atoms with Gasteiger partial charge in [0.25, 0.3) is 5.91 Å². The minimum atomic E-state index is -0.945. The highest BCUT2D eigenvalue weighted by Crippen LogP contribution is 2.35. The molecule has 5 aromatic rings. The molecule has 0 aliphatic heterocycles. The number of para-hydroxylation sites is 1. The van der Waals surface area contributed by atoms with Crippen molar-refractivity contribution in [3.63, 3.8) is 0 Å². The Morgan fingerprint density at radius 1 is 1.00 bits per heavy atom. The summed E-state index contributed by atoms with van der Waals surface area (Å²) in [5, 5.41) is 15.3. The Bertz CT molecular complexity index is 1540. The second-order valence-corrected chi connectivity index (χ2v) is 10.1. The van der Waals surface area contributed by atoms with Crippen molar-refractivity contribution in [2.45, 2.75) is 32.7 Å². The fourth-order valence-corrected chi connectivity index (χ4v) is 5.17. The number of carboxylic acid groups (broad SMARTS) is 1. The summed E-state index contributed by atoms with van der Waals surface area (Å²) in [6.45, 7) is 2.82. The molecular weight excluding hydrogens is 510 g/mol. The van der Waals surface area contributed by atoms with E-state index in [-0.39, 0.29) is 18.9 Å². The van der Waals surface area contributed by atoms with Crippen LogP contribution in [0.1, 0.15) is 41.3 Å². The molecule has 0 saturated carbocycles. The van der Waals surface area contributed by atoms with Gasteiger partial charge < -0.3 is 19.7 Å². The first-order valence-corrected chi connectivity index (χ1v) is 13.8. The number of furan rings is 1. The average molecular weight is 540 g/mol. The van der Waals surface area contributed by atoms with Gasteiger partial charge >= 0.3 is 5.97 Å². The van der Waals surface area contributed by atoms with Crippen molar-refractivity contribution in [2.75, 3.05) is 11.4 Å². The van der Waals surface area contributed by atoms with E-state index in [9.17, 15) is 9.59 Å². The molecule has 0 aliphatic rings. The highest BCUT2D eigenvalue weighted by Gasteiger charge is 2.17. The van der Waals surface area contributed by atoms with Crippen LogP contribution in [-0.2, 0) is 17.8 Å². The van der Waals surface area contributed by atoms with Crippen LogP contribution in [0.2, 0.25) is 0 Å². The van der Waals surface area contributed by atoms with Gasteiger partial charge in [-0.1, -0.05) is 55.8 Å². The van der Waals surface area contributed by atoms with Gasteiger partial charge in [-0.3, -0.25) is 9.59 Å². The first-order valence-electron chi connectivity index (χ1n) is 12.9. The van der Waals surface area contributed by atoms with Crippen molar-refractivity contribution in [2.24, 2.45) is 0 Å². The quantitative estimate of drug-likeness (QED) is 0.187. The van der Waals surface area contributed by atoms with Crippen LogP contribution in [0.25, 0.3) is 22.4 Å². The number of carbonyl (C=O) groups is 2. The number of carbonyl (C=O) groups excluding carboxylic acids is 1. The molecular formula is C31H29N3O4S. The van der Waals surface area contributed by atoms with Crippen LogP contribution < -0.4 is 10.2 Å². The molecule has 0 spiro atoms. The van der Waals surface area contributed by atoms with Gasteiger partial charge in [-0.15, -0.1) is 11.3 Å². The number of hydrogen-bond donors (Lipinski definition) is 2. The topological polar surface area (TPSA) is 95.7 Å². The van der Waals surface area contributed by atoms with Gasteiger partial charge in [0.1, 0.15) is 11.3 Å². The summed E-state index contributed by atoms with van der Waals surface area (Å²) in [6, 6.07) is 25.8. The molecule has 0 saturated heterocycles. The zero-order valence-corrected chi connectivity index (χ0v) is 22.4. The zero-order chi connectivity index (χ0) is 27.2. The fraction of sp³-hybridized carbons (Fsp3) is 0.194. The highest BCUT2D eigenvalue weighted by atomic mass is 32.1. The summed E-state index contributed by atoms with van der Waals surface area (Å²) >= 11 is 1.55. The van der Waals surface area contributed by atoms with Gasteiger partial charge in [-0.05, 0) is 53.9 Å². The number of thiazole rings is 1. The van der Waals surface area contributed by atoms with Gasteiger partial charge in [0, 0.05) is 28.6 Å².